The Labute approximate surface area is 150 Å². The van der Waals surface area contributed by atoms with Gasteiger partial charge in [-0.05, 0) is 36.8 Å². The van der Waals surface area contributed by atoms with E-state index in [0.29, 0.717) is 23.5 Å². The Morgan fingerprint density at radius 3 is 2.42 bits per heavy atom. The van der Waals surface area contributed by atoms with Crippen LogP contribution >= 0.6 is 0 Å². The summed E-state index contributed by atoms with van der Waals surface area (Å²) in [5.41, 5.74) is 1.79. The van der Waals surface area contributed by atoms with Crippen LogP contribution in [0.1, 0.15) is 21.5 Å². The SMILES string of the molecule is Cc1cc(C(=O)N(Cc2ccccc2)c2ccccn2)ccc1[N+](=O)[O-]. The molecule has 26 heavy (non-hydrogen) atoms. The van der Waals surface area contributed by atoms with Crippen LogP contribution in [0.4, 0.5) is 11.5 Å². The van der Waals surface area contributed by atoms with Gasteiger partial charge in [-0.15, -0.1) is 0 Å². The monoisotopic (exact) mass is 347 g/mol. The lowest BCUT2D eigenvalue weighted by molar-refractivity contribution is -0.385. The van der Waals surface area contributed by atoms with Gasteiger partial charge >= 0.3 is 0 Å². The van der Waals surface area contributed by atoms with Gasteiger partial charge in [0.05, 0.1) is 11.5 Å². The topological polar surface area (TPSA) is 76.3 Å². The highest BCUT2D eigenvalue weighted by Crippen LogP contribution is 2.22. The third-order valence-electron chi connectivity index (χ3n) is 3.99. The second-order valence-corrected chi connectivity index (χ2v) is 5.82. The van der Waals surface area contributed by atoms with Crippen molar-refractivity contribution >= 4 is 17.4 Å². The van der Waals surface area contributed by atoms with Crippen molar-refractivity contribution in [1.29, 1.82) is 0 Å². The molecule has 1 aromatic heterocycles. The maximum atomic E-state index is 13.1. The first kappa shape index (κ1) is 17.3. The van der Waals surface area contributed by atoms with Gasteiger partial charge in [0.25, 0.3) is 11.6 Å². The lowest BCUT2D eigenvalue weighted by Gasteiger charge is -2.22. The summed E-state index contributed by atoms with van der Waals surface area (Å²) in [6.45, 7) is 1.98. The molecule has 0 saturated heterocycles. The van der Waals surface area contributed by atoms with Crippen LogP contribution in [-0.2, 0) is 6.54 Å². The fourth-order valence-electron chi connectivity index (χ4n) is 2.69. The van der Waals surface area contributed by atoms with Crippen molar-refractivity contribution in [2.24, 2.45) is 0 Å². The highest BCUT2D eigenvalue weighted by molar-refractivity contribution is 6.05. The van der Waals surface area contributed by atoms with Crippen molar-refractivity contribution in [3.8, 4) is 0 Å². The van der Waals surface area contributed by atoms with Crippen molar-refractivity contribution in [1.82, 2.24) is 4.98 Å². The minimum Gasteiger partial charge on any atom is -0.288 e. The van der Waals surface area contributed by atoms with Gasteiger partial charge in [0.1, 0.15) is 5.82 Å². The number of nitrogens with zero attached hydrogens (tertiary/aromatic N) is 3. The molecule has 0 atom stereocenters. The zero-order valence-corrected chi connectivity index (χ0v) is 14.2. The molecular formula is C20H17N3O3. The zero-order valence-electron chi connectivity index (χ0n) is 14.2. The second-order valence-electron chi connectivity index (χ2n) is 5.82. The first-order valence-corrected chi connectivity index (χ1v) is 8.08. The summed E-state index contributed by atoms with van der Waals surface area (Å²) in [6.07, 6.45) is 1.63. The molecule has 0 aliphatic carbocycles. The van der Waals surface area contributed by atoms with Gasteiger partial charge < -0.3 is 0 Å². The summed E-state index contributed by atoms with van der Waals surface area (Å²) in [7, 11) is 0. The van der Waals surface area contributed by atoms with E-state index in [2.05, 4.69) is 4.98 Å². The number of hydrogen-bond donors (Lipinski definition) is 0. The molecule has 0 aliphatic heterocycles. The number of rotatable bonds is 5. The number of nitro benzene ring substituents is 1. The smallest absolute Gasteiger partial charge is 0.272 e. The van der Waals surface area contributed by atoms with Gasteiger partial charge in [-0.25, -0.2) is 4.98 Å². The van der Waals surface area contributed by atoms with Crippen LogP contribution in [0.25, 0.3) is 0 Å². The molecule has 0 N–H and O–H groups in total. The normalized spacial score (nSPS) is 10.3. The average molecular weight is 347 g/mol. The number of carbonyl (C=O) groups excluding carboxylic acids is 1. The van der Waals surface area contributed by atoms with Crippen LogP contribution in [0.2, 0.25) is 0 Å². The minimum absolute atomic E-state index is 0.00556. The van der Waals surface area contributed by atoms with Crippen molar-refractivity contribution in [2.75, 3.05) is 4.90 Å². The molecule has 3 aromatic rings. The Bertz CT molecular complexity index is 928. The molecule has 0 unspecified atom stereocenters. The van der Waals surface area contributed by atoms with Crippen LogP contribution in [0.15, 0.2) is 72.9 Å². The molecule has 1 amide bonds. The van der Waals surface area contributed by atoms with Crippen molar-refractivity contribution < 1.29 is 9.72 Å². The molecule has 0 saturated carbocycles. The number of nitro groups is 1. The third-order valence-corrected chi connectivity index (χ3v) is 3.99. The largest absolute Gasteiger partial charge is 0.288 e. The number of pyridine rings is 1. The van der Waals surface area contributed by atoms with Gasteiger partial charge in [-0.2, -0.15) is 0 Å². The van der Waals surface area contributed by atoms with E-state index in [-0.39, 0.29) is 11.6 Å². The first-order valence-electron chi connectivity index (χ1n) is 8.08. The van der Waals surface area contributed by atoms with E-state index >= 15 is 0 Å². The van der Waals surface area contributed by atoms with Crippen LogP contribution in [-0.4, -0.2) is 15.8 Å². The standard InChI is InChI=1S/C20H17N3O3/c1-15-13-17(10-11-18(15)23(25)26)20(24)22(19-9-5-6-12-21-19)14-16-7-3-2-4-8-16/h2-13H,14H2,1H3. The number of amides is 1. The lowest BCUT2D eigenvalue weighted by atomic mass is 10.1. The highest BCUT2D eigenvalue weighted by atomic mass is 16.6. The van der Waals surface area contributed by atoms with E-state index in [1.54, 1.807) is 36.2 Å². The number of aromatic nitrogens is 1. The molecule has 0 bridgehead atoms. The zero-order chi connectivity index (χ0) is 18.5. The average Bonchev–Trinajstić information content (AvgIpc) is 2.66. The molecule has 6 heteroatoms. The van der Waals surface area contributed by atoms with Crippen molar-refractivity contribution in [2.45, 2.75) is 13.5 Å². The van der Waals surface area contributed by atoms with Crippen LogP contribution in [0, 0.1) is 17.0 Å². The minimum atomic E-state index is -0.454. The van der Waals surface area contributed by atoms with Gasteiger partial charge in [0.15, 0.2) is 0 Å². The number of benzene rings is 2. The van der Waals surface area contributed by atoms with Gasteiger partial charge in [-0.3, -0.25) is 19.8 Å². The summed E-state index contributed by atoms with van der Waals surface area (Å²) in [4.78, 5) is 29.5. The summed E-state index contributed by atoms with van der Waals surface area (Å²) < 4.78 is 0. The van der Waals surface area contributed by atoms with E-state index in [0.717, 1.165) is 5.56 Å². The summed E-state index contributed by atoms with van der Waals surface area (Å²) >= 11 is 0. The second kappa shape index (κ2) is 7.57. The third kappa shape index (κ3) is 3.75. The van der Waals surface area contributed by atoms with Crippen LogP contribution in [0.3, 0.4) is 0 Å². The summed E-state index contributed by atoms with van der Waals surface area (Å²) in [5, 5.41) is 11.0. The fourth-order valence-corrected chi connectivity index (χ4v) is 2.69. The summed E-state index contributed by atoms with van der Waals surface area (Å²) in [6, 6.07) is 19.3. The summed E-state index contributed by atoms with van der Waals surface area (Å²) in [5.74, 6) is 0.267. The Kier molecular flexibility index (Phi) is 5.03. The van der Waals surface area contributed by atoms with Gasteiger partial charge in [0, 0.05) is 23.4 Å². The van der Waals surface area contributed by atoms with Crippen molar-refractivity contribution in [3.05, 3.63) is 99.7 Å². The van der Waals surface area contributed by atoms with E-state index in [1.807, 2.05) is 36.4 Å². The van der Waals surface area contributed by atoms with Crippen LogP contribution < -0.4 is 4.90 Å². The van der Waals surface area contributed by atoms with E-state index in [1.165, 1.54) is 12.1 Å². The number of carbonyl (C=O) groups is 1. The molecule has 3 rings (SSSR count). The molecule has 0 aliphatic rings. The predicted octanol–water partition coefficient (Wildman–Crippen LogP) is 4.15. The lowest BCUT2D eigenvalue weighted by Crippen LogP contribution is -2.31. The van der Waals surface area contributed by atoms with Gasteiger partial charge in [-0.1, -0.05) is 36.4 Å². The first-order chi connectivity index (χ1) is 12.6. The molecule has 0 spiro atoms. The van der Waals surface area contributed by atoms with Crippen molar-refractivity contribution in [3.63, 3.8) is 0 Å². The number of hydrogen-bond acceptors (Lipinski definition) is 4. The Balaban J connectivity index is 1.97. The van der Waals surface area contributed by atoms with Crippen LogP contribution in [0.5, 0.6) is 0 Å². The van der Waals surface area contributed by atoms with E-state index in [9.17, 15) is 14.9 Å². The quantitative estimate of drug-likeness (QED) is 0.513. The molecule has 0 fully saturated rings. The fraction of sp³-hybridized carbons (Fsp3) is 0.100. The number of aryl methyl sites for hydroxylation is 1. The molecule has 1 heterocycles. The maximum absolute atomic E-state index is 13.1. The van der Waals surface area contributed by atoms with Gasteiger partial charge in [0.2, 0.25) is 0 Å². The maximum Gasteiger partial charge on any atom is 0.272 e. The predicted molar refractivity (Wildman–Crippen MR) is 99.0 cm³/mol. The highest BCUT2D eigenvalue weighted by Gasteiger charge is 2.21. The molecule has 2 aromatic carbocycles. The molecule has 130 valence electrons. The number of anilines is 1. The molecule has 0 radical (unpaired) electrons. The molecular weight excluding hydrogens is 330 g/mol. The molecule has 6 nitrogen and oxygen atoms in total. The Hall–Kier alpha value is -3.54. The van der Waals surface area contributed by atoms with E-state index in [4.69, 9.17) is 0 Å². The Morgan fingerprint density at radius 1 is 1.08 bits per heavy atom. The van der Waals surface area contributed by atoms with E-state index < -0.39 is 4.92 Å². The Morgan fingerprint density at radius 2 is 1.81 bits per heavy atom.